The van der Waals surface area contributed by atoms with E-state index in [1.54, 1.807) is 12.4 Å². The molecule has 1 aromatic carbocycles. The Hall–Kier alpha value is -3.53. The second-order valence-electron chi connectivity index (χ2n) is 7.15. The van der Waals surface area contributed by atoms with E-state index in [0.717, 1.165) is 24.9 Å². The van der Waals surface area contributed by atoms with Gasteiger partial charge in [-0.25, -0.2) is 4.98 Å². The van der Waals surface area contributed by atoms with Crippen LogP contribution >= 0.6 is 0 Å². The van der Waals surface area contributed by atoms with Crippen molar-refractivity contribution in [3.63, 3.8) is 0 Å². The molecule has 1 atom stereocenters. The number of hydrogen-bond donors (Lipinski definition) is 4. The lowest BCUT2D eigenvalue weighted by Gasteiger charge is -2.23. The van der Waals surface area contributed by atoms with Crippen LogP contribution in [0.2, 0.25) is 0 Å². The van der Waals surface area contributed by atoms with Crippen LogP contribution in [0.4, 0.5) is 17.5 Å². The Morgan fingerprint density at radius 2 is 2.07 bits per heavy atom. The fourth-order valence-corrected chi connectivity index (χ4v) is 3.22. The van der Waals surface area contributed by atoms with Crippen LogP contribution in [0.25, 0.3) is 5.69 Å². The molecule has 29 heavy (non-hydrogen) atoms. The minimum Gasteiger partial charge on any atom is -0.365 e. The molecule has 2 aromatic heterocycles. The summed E-state index contributed by atoms with van der Waals surface area (Å²) in [5, 5.41) is 14.7. The summed E-state index contributed by atoms with van der Waals surface area (Å²) in [5.41, 5.74) is 13.3. The summed E-state index contributed by atoms with van der Waals surface area (Å²) in [5.74, 6) is 0.0942. The average molecular weight is 393 g/mol. The fourth-order valence-electron chi connectivity index (χ4n) is 3.22. The Morgan fingerprint density at radius 3 is 2.72 bits per heavy atom. The van der Waals surface area contributed by atoms with Crippen molar-refractivity contribution in [2.45, 2.75) is 37.8 Å². The van der Waals surface area contributed by atoms with Gasteiger partial charge in [0, 0.05) is 23.5 Å². The zero-order chi connectivity index (χ0) is 20.4. The Bertz CT molecular complexity index is 1010. The normalized spacial score (nSPS) is 15.5. The van der Waals surface area contributed by atoms with Crippen LogP contribution in [-0.4, -0.2) is 42.4 Å². The van der Waals surface area contributed by atoms with E-state index >= 15 is 0 Å². The molecule has 1 aliphatic carbocycles. The first-order valence-electron chi connectivity index (χ1n) is 9.44. The highest BCUT2D eigenvalue weighted by Crippen LogP contribution is 2.38. The van der Waals surface area contributed by atoms with Crippen LogP contribution in [0.15, 0.2) is 42.9 Å². The van der Waals surface area contributed by atoms with Gasteiger partial charge in [0.2, 0.25) is 5.95 Å². The minimum atomic E-state index is -0.617. The van der Waals surface area contributed by atoms with E-state index in [1.807, 2.05) is 24.3 Å². The summed E-state index contributed by atoms with van der Waals surface area (Å²) in [6.07, 6.45) is 7.40. The van der Waals surface area contributed by atoms with Gasteiger partial charge >= 0.3 is 0 Å². The molecule has 0 aliphatic heterocycles. The Kier molecular flexibility index (Phi) is 4.85. The van der Waals surface area contributed by atoms with Crippen molar-refractivity contribution in [3.05, 3.63) is 48.4 Å². The van der Waals surface area contributed by atoms with Crippen LogP contribution in [-0.2, 0) is 0 Å². The van der Waals surface area contributed by atoms with Gasteiger partial charge in [-0.2, -0.15) is 20.0 Å². The summed E-state index contributed by atoms with van der Waals surface area (Å²) in [6.45, 7) is 2.07. The van der Waals surface area contributed by atoms with Crippen molar-refractivity contribution in [2.75, 3.05) is 10.6 Å². The molecule has 0 spiro atoms. The smallest absolute Gasteiger partial charge is 0.254 e. The molecule has 10 nitrogen and oxygen atoms in total. The van der Waals surface area contributed by atoms with E-state index in [0.29, 0.717) is 17.5 Å². The maximum absolute atomic E-state index is 11.9. The molecule has 0 saturated heterocycles. The fraction of sp³-hybridized carbons (Fsp3) is 0.316. The van der Waals surface area contributed by atoms with E-state index in [1.165, 1.54) is 11.0 Å². The maximum atomic E-state index is 11.9. The van der Waals surface area contributed by atoms with Gasteiger partial charge in [0.15, 0.2) is 0 Å². The zero-order valence-corrected chi connectivity index (χ0v) is 16.0. The number of nitrogens with two attached hydrogens (primary N) is 2. The van der Waals surface area contributed by atoms with Gasteiger partial charge in [0.05, 0.1) is 18.1 Å². The van der Waals surface area contributed by atoms with E-state index in [-0.39, 0.29) is 17.1 Å². The topological polar surface area (TPSA) is 150 Å². The Morgan fingerprint density at radius 1 is 1.31 bits per heavy atom. The Labute approximate surface area is 167 Å². The Balaban J connectivity index is 1.61. The lowest BCUT2D eigenvalue weighted by atomic mass is 10.1. The number of anilines is 3. The number of amides is 1. The quantitative estimate of drug-likeness (QED) is 0.450. The van der Waals surface area contributed by atoms with Crippen LogP contribution in [0.3, 0.4) is 0 Å². The van der Waals surface area contributed by atoms with Gasteiger partial charge in [-0.05, 0) is 37.5 Å². The summed E-state index contributed by atoms with van der Waals surface area (Å²) < 4.78 is 0. The van der Waals surface area contributed by atoms with E-state index in [4.69, 9.17) is 11.5 Å². The van der Waals surface area contributed by atoms with Gasteiger partial charge in [-0.3, -0.25) is 4.79 Å². The molecule has 1 amide bonds. The summed E-state index contributed by atoms with van der Waals surface area (Å²) in [7, 11) is 0. The predicted octanol–water partition coefficient (Wildman–Crippen LogP) is 1.58. The SMILES string of the molecule is CC[C@H](Nc1ncc(C(N)=O)c(Nc2cccc(-n3nccn3)c2)n1)C1(N)CC1. The second kappa shape index (κ2) is 7.47. The second-order valence-corrected chi connectivity index (χ2v) is 7.15. The van der Waals surface area contributed by atoms with Crippen molar-refractivity contribution >= 4 is 23.4 Å². The van der Waals surface area contributed by atoms with Crippen molar-refractivity contribution in [1.82, 2.24) is 25.0 Å². The number of nitrogens with one attached hydrogen (secondary N) is 2. The number of rotatable bonds is 8. The number of carbonyl (C=O) groups is 1. The molecule has 150 valence electrons. The van der Waals surface area contributed by atoms with Crippen LogP contribution < -0.4 is 22.1 Å². The monoisotopic (exact) mass is 393 g/mol. The molecule has 1 fully saturated rings. The van der Waals surface area contributed by atoms with Crippen LogP contribution in [0.1, 0.15) is 36.5 Å². The van der Waals surface area contributed by atoms with E-state index < -0.39 is 5.91 Å². The minimum absolute atomic E-state index is 0.0593. The van der Waals surface area contributed by atoms with Crippen molar-refractivity contribution < 1.29 is 4.79 Å². The molecule has 2 heterocycles. The predicted molar refractivity (Wildman–Crippen MR) is 109 cm³/mol. The van der Waals surface area contributed by atoms with Crippen molar-refractivity contribution in [1.29, 1.82) is 0 Å². The van der Waals surface area contributed by atoms with Crippen LogP contribution in [0.5, 0.6) is 0 Å². The molecular formula is C19H23N9O. The highest BCUT2D eigenvalue weighted by Gasteiger charge is 2.45. The molecule has 6 N–H and O–H groups in total. The highest BCUT2D eigenvalue weighted by atomic mass is 16.1. The third-order valence-electron chi connectivity index (χ3n) is 5.05. The molecule has 3 aromatic rings. The maximum Gasteiger partial charge on any atom is 0.254 e. The number of benzene rings is 1. The number of aromatic nitrogens is 5. The third-order valence-corrected chi connectivity index (χ3v) is 5.05. The van der Waals surface area contributed by atoms with Gasteiger partial charge < -0.3 is 22.1 Å². The van der Waals surface area contributed by atoms with Crippen LogP contribution in [0, 0.1) is 0 Å². The molecular weight excluding hydrogens is 370 g/mol. The molecule has 4 rings (SSSR count). The lowest BCUT2D eigenvalue weighted by Crippen LogP contribution is -2.42. The molecule has 1 saturated carbocycles. The highest BCUT2D eigenvalue weighted by molar-refractivity contribution is 5.98. The summed E-state index contributed by atoms with van der Waals surface area (Å²) >= 11 is 0. The summed E-state index contributed by atoms with van der Waals surface area (Å²) in [4.78, 5) is 22.1. The molecule has 1 aliphatic rings. The number of carbonyl (C=O) groups excluding carboxylic acids is 1. The molecule has 0 bridgehead atoms. The van der Waals surface area contributed by atoms with Gasteiger partial charge in [-0.15, -0.1) is 0 Å². The van der Waals surface area contributed by atoms with E-state index in [9.17, 15) is 4.79 Å². The lowest BCUT2D eigenvalue weighted by molar-refractivity contribution is 0.100. The van der Waals surface area contributed by atoms with Gasteiger partial charge in [0.1, 0.15) is 11.4 Å². The molecule has 10 heteroatoms. The largest absolute Gasteiger partial charge is 0.365 e. The van der Waals surface area contributed by atoms with Gasteiger partial charge in [0.25, 0.3) is 5.91 Å². The number of hydrogen-bond acceptors (Lipinski definition) is 8. The van der Waals surface area contributed by atoms with Crippen molar-refractivity contribution in [2.24, 2.45) is 11.5 Å². The van der Waals surface area contributed by atoms with Crippen molar-refractivity contribution in [3.8, 4) is 5.69 Å². The molecule has 0 radical (unpaired) electrons. The first-order valence-corrected chi connectivity index (χ1v) is 9.44. The summed E-state index contributed by atoms with van der Waals surface area (Å²) in [6, 6.07) is 7.47. The third kappa shape index (κ3) is 4.02. The van der Waals surface area contributed by atoms with E-state index in [2.05, 4.69) is 37.7 Å². The first-order chi connectivity index (χ1) is 14.0. The number of nitrogens with zero attached hydrogens (tertiary/aromatic N) is 5. The zero-order valence-electron chi connectivity index (χ0n) is 16.0. The average Bonchev–Trinajstić information content (AvgIpc) is 3.23. The first kappa shape index (κ1) is 18.8. The van der Waals surface area contributed by atoms with Gasteiger partial charge in [-0.1, -0.05) is 13.0 Å². The standard InChI is InChI=1S/C19H23N9O/c1-2-15(19(21)6-7-19)26-18-22-11-14(16(20)29)17(27-18)25-12-4-3-5-13(10-12)28-23-8-9-24-28/h3-5,8-11,15H,2,6-7,21H2,1H3,(H2,20,29)(H2,22,25,26,27)/t15-/m0/s1. The number of primary amides is 1. The molecule has 0 unspecified atom stereocenters.